The number of hydrazone groups is 1. The summed E-state index contributed by atoms with van der Waals surface area (Å²) in [4.78, 5) is 14.1. The largest absolute Gasteiger partial charge is 0.390 e. The fraction of sp³-hybridized carbons (Fsp3) is 0. The van der Waals surface area contributed by atoms with Crippen molar-refractivity contribution in [1.82, 2.24) is 5.43 Å². The van der Waals surface area contributed by atoms with Gasteiger partial charge >= 0.3 is 0 Å². The molecule has 0 unspecified atom stereocenters. The maximum atomic E-state index is 12.1. The van der Waals surface area contributed by atoms with Crippen molar-refractivity contribution in [2.45, 2.75) is 0 Å². The third kappa shape index (κ3) is 3.24. The lowest BCUT2D eigenvalue weighted by Crippen LogP contribution is -2.17. The van der Waals surface area contributed by atoms with Crippen LogP contribution >= 0.6 is 22.7 Å². The summed E-state index contributed by atoms with van der Waals surface area (Å²) < 4.78 is 0. The van der Waals surface area contributed by atoms with Gasteiger partial charge in [0.2, 0.25) is 0 Å². The van der Waals surface area contributed by atoms with Crippen LogP contribution in [0.25, 0.3) is 10.4 Å². The van der Waals surface area contributed by atoms with Gasteiger partial charge in [0.05, 0.1) is 16.8 Å². The van der Waals surface area contributed by atoms with Crippen molar-refractivity contribution in [2.75, 3.05) is 5.73 Å². The van der Waals surface area contributed by atoms with Gasteiger partial charge in [0.25, 0.3) is 5.91 Å². The molecule has 1 aromatic carbocycles. The molecule has 0 spiro atoms. The molecule has 110 valence electrons. The molecule has 2 heterocycles. The van der Waals surface area contributed by atoms with Gasteiger partial charge < -0.3 is 5.73 Å². The Morgan fingerprint density at radius 1 is 1.18 bits per heavy atom. The molecule has 0 atom stereocenters. The van der Waals surface area contributed by atoms with Crippen LogP contribution in [0.15, 0.2) is 59.0 Å². The zero-order valence-electron chi connectivity index (χ0n) is 11.5. The molecule has 3 aromatic rings. The van der Waals surface area contributed by atoms with Crippen molar-refractivity contribution >= 4 is 39.8 Å². The minimum absolute atomic E-state index is 0.302. The van der Waals surface area contributed by atoms with E-state index in [0.717, 1.165) is 15.3 Å². The number of thiophene rings is 2. The van der Waals surface area contributed by atoms with Crippen molar-refractivity contribution in [2.24, 2.45) is 5.10 Å². The average molecular weight is 327 g/mol. The number of benzene rings is 1. The van der Waals surface area contributed by atoms with Crippen LogP contribution < -0.4 is 11.2 Å². The Hall–Kier alpha value is -2.44. The Morgan fingerprint density at radius 3 is 2.73 bits per heavy atom. The van der Waals surface area contributed by atoms with Gasteiger partial charge in [0.15, 0.2) is 0 Å². The summed E-state index contributed by atoms with van der Waals surface area (Å²) in [6.45, 7) is 0. The number of carbonyl (C=O) groups excluding carboxylic acids is 1. The van der Waals surface area contributed by atoms with Gasteiger partial charge in [0.1, 0.15) is 0 Å². The highest BCUT2D eigenvalue weighted by Gasteiger charge is 2.14. The Bertz CT molecular complexity index is 792. The molecule has 4 nitrogen and oxygen atoms in total. The van der Waals surface area contributed by atoms with Gasteiger partial charge in [-0.3, -0.25) is 4.79 Å². The van der Waals surface area contributed by atoms with Crippen LogP contribution in [-0.2, 0) is 0 Å². The minimum atomic E-state index is -0.302. The average Bonchev–Trinajstić information content (AvgIpc) is 3.17. The topological polar surface area (TPSA) is 67.5 Å². The van der Waals surface area contributed by atoms with E-state index >= 15 is 0 Å². The fourth-order valence-corrected chi connectivity index (χ4v) is 3.42. The maximum Gasteiger partial charge on any atom is 0.274 e. The molecule has 1 amide bonds. The predicted octanol–water partition coefficient (Wildman–Crippen LogP) is 3.82. The molecule has 0 bridgehead atoms. The molecule has 3 N–H and O–H groups in total. The SMILES string of the molecule is Nc1sc(-c2ccccc2)cc1C(=O)NN=Cc1cccs1. The van der Waals surface area contributed by atoms with Gasteiger partial charge in [-0.15, -0.1) is 22.7 Å². The molecule has 3 rings (SSSR count). The highest BCUT2D eigenvalue weighted by molar-refractivity contribution is 7.19. The van der Waals surface area contributed by atoms with Crippen molar-refractivity contribution in [3.05, 3.63) is 64.4 Å². The van der Waals surface area contributed by atoms with Crippen LogP contribution in [0.2, 0.25) is 0 Å². The number of rotatable bonds is 4. The third-order valence-electron chi connectivity index (χ3n) is 2.96. The Kier molecular flexibility index (Phi) is 4.32. The summed E-state index contributed by atoms with van der Waals surface area (Å²) in [5, 5.41) is 6.39. The molecular weight excluding hydrogens is 314 g/mol. The van der Waals surface area contributed by atoms with Gasteiger partial charge in [-0.05, 0) is 23.1 Å². The van der Waals surface area contributed by atoms with E-state index in [0.29, 0.717) is 10.6 Å². The zero-order chi connectivity index (χ0) is 15.4. The molecule has 0 radical (unpaired) electrons. The van der Waals surface area contributed by atoms with Crippen molar-refractivity contribution in [1.29, 1.82) is 0 Å². The second-order valence-electron chi connectivity index (χ2n) is 4.47. The van der Waals surface area contributed by atoms with Crippen LogP contribution in [0.1, 0.15) is 15.2 Å². The molecule has 0 aliphatic heterocycles. The molecule has 0 saturated carbocycles. The molecule has 0 saturated heterocycles. The first-order valence-corrected chi connectivity index (χ1v) is 8.25. The number of nitrogens with two attached hydrogens (primary N) is 1. The molecule has 22 heavy (non-hydrogen) atoms. The first kappa shape index (κ1) is 14.5. The van der Waals surface area contributed by atoms with Crippen molar-refractivity contribution in [3.63, 3.8) is 0 Å². The van der Waals surface area contributed by atoms with Gasteiger partial charge in [-0.1, -0.05) is 36.4 Å². The van der Waals surface area contributed by atoms with E-state index in [2.05, 4.69) is 10.5 Å². The summed E-state index contributed by atoms with van der Waals surface area (Å²) in [5.41, 5.74) is 9.95. The van der Waals surface area contributed by atoms with E-state index in [1.165, 1.54) is 11.3 Å². The Labute approximate surface area is 135 Å². The normalized spacial score (nSPS) is 10.9. The van der Waals surface area contributed by atoms with Crippen LogP contribution in [0.5, 0.6) is 0 Å². The molecule has 0 fully saturated rings. The molecule has 2 aromatic heterocycles. The second kappa shape index (κ2) is 6.55. The quantitative estimate of drug-likeness (QED) is 0.565. The lowest BCUT2D eigenvalue weighted by Gasteiger charge is -1.97. The van der Waals surface area contributed by atoms with Crippen LogP contribution in [0, 0.1) is 0 Å². The lowest BCUT2D eigenvalue weighted by atomic mass is 10.1. The van der Waals surface area contributed by atoms with E-state index < -0.39 is 0 Å². The third-order valence-corrected chi connectivity index (χ3v) is 4.78. The van der Waals surface area contributed by atoms with Crippen LogP contribution in [-0.4, -0.2) is 12.1 Å². The van der Waals surface area contributed by atoms with E-state index in [4.69, 9.17) is 5.73 Å². The number of hydrogen-bond acceptors (Lipinski definition) is 5. The van der Waals surface area contributed by atoms with E-state index in [9.17, 15) is 4.79 Å². The smallest absolute Gasteiger partial charge is 0.274 e. The van der Waals surface area contributed by atoms with Crippen LogP contribution in [0.3, 0.4) is 0 Å². The van der Waals surface area contributed by atoms with Crippen LogP contribution in [0.4, 0.5) is 5.00 Å². The number of hydrogen-bond donors (Lipinski definition) is 2. The van der Waals surface area contributed by atoms with E-state index in [-0.39, 0.29) is 5.91 Å². The predicted molar refractivity (Wildman–Crippen MR) is 93.5 cm³/mol. The Balaban J connectivity index is 1.74. The zero-order valence-corrected chi connectivity index (χ0v) is 13.2. The first-order valence-electron chi connectivity index (χ1n) is 6.55. The molecule has 0 aliphatic rings. The lowest BCUT2D eigenvalue weighted by molar-refractivity contribution is 0.0956. The monoisotopic (exact) mass is 327 g/mol. The number of anilines is 1. The van der Waals surface area contributed by atoms with Gasteiger partial charge in [-0.2, -0.15) is 5.10 Å². The number of carbonyl (C=O) groups is 1. The molecule has 0 aliphatic carbocycles. The molecule has 6 heteroatoms. The highest BCUT2D eigenvalue weighted by Crippen LogP contribution is 2.33. The Morgan fingerprint density at radius 2 is 2.00 bits per heavy atom. The van der Waals surface area contributed by atoms with Crippen molar-refractivity contribution < 1.29 is 4.79 Å². The number of nitrogens with one attached hydrogen (secondary N) is 1. The minimum Gasteiger partial charge on any atom is -0.390 e. The summed E-state index contributed by atoms with van der Waals surface area (Å²) in [7, 11) is 0. The second-order valence-corrected chi connectivity index (χ2v) is 6.53. The summed E-state index contributed by atoms with van der Waals surface area (Å²) in [6.07, 6.45) is 1.61. The van der Waals surface area contributed by atoms with Crippen molar-refractivity contribution in [3.8, 4) is 10.4 Å². The highest BCUT2D eigenvalue weighted by atomic mass is 32.1. The summed E-state index contributed by atoms with van der Waals surface area (Å²) >= 11 is 2.95. The number of amides is 1. The van der Waals surface area contributed by atoms with E-state index in [1.807, 2.05) is 47.8 Å². The number of nitrogens with zero attached hydrogens (tertiary/aromatic N) is 1. The first-order chi connectivity index (χ1) is 10.7. The van der Waals surface area contributed by atoms with E-state index in [1.54, 1.807) is 23.6 Å². The fourth-order valence-electron chi connectivity index (χ4n) is 1.91. The van der Waals surface area contributed by atoms with Gasteiger partial charge in [0, 0.05) is 9.75 Å². The maximum absolute atomic E-state index is 12.1. The molecular formula is C16H13N3OS2. The summed E-state index contributed by atoms with van der Waals surface area (Å²) in [5.74, 6) is -0.302. The standard InChI is InChI=1S/C16H13N3OS2/c17-15-13(9-14(22-15)11-5-2-1-3-6-11)16(20)19-18-10-12-7-4-8-21-12/h1-10H,17H2,(H,19,20). The van der Waals surface area contributed by atoms with Gasteiger partial charge in [-0.25, -0.2) is 5.43 Å². The summed E-state index contributed by atoms with van der Waals surface area (Å²) in [6, 6.07) is 15.5. The number of nitrogen functional groups attached to an aromatic ring is 1.